The zero-order valence-electron chi connectivity index (χ0n) is 9.22. The van der Waals surface area contributed by atoms with Crippen LogP contribution in [0.3, 0.4) is 0 Å². The minimum absolute atomic E-state index is 0.0372. The number of hydrogen-bond acceptors (Lipinski definition) is 3. The van der Waals surface area contributed by atoms with E-state index >= 15 is 0 Å². The Balaban J connectivity index is 2.43. The first kappa shape index (κ1) is 12.0. The van der Waals surface area contributed by atoms with Crippen molar-refractivity contribution in [2.45, 2.75) is 23.8 Å². The number of sulfonamides is 1. The zero-order valence-corrected chi connectivity index (χ0v) is 10.0. The Morgan fingerprint density at radius 1 is 1.47 bits per heavy atom. The maximum Gasteiger partial charge on any atom is 0.243 e. The summed E-state index contributed by atoms with van der Waals surface area (Å²) >= 11 is 0. The van der Waals surface area contributed by atoms with Crippen LogP contribution in [0.5, 0.6) is 0 Å². The second-order valence-corrected chi connectivity index (χ2v) is 6.00. The lowest BCUT2D eigenvalue weighted by molar-refractivity contribution is 0.464. The number of hydrogen-bond donors (Lipinski definition) is 0. The fourth-order valence-electron chi connectivity index (χ4n) is 1.55. The molecule has 1 aromatic rings. The van der Waals surface area contributed by atoms with Gasteiger partial charge in [-0.2, -0.15) is 9.57 Å². The smallest absolute Gasteiger partial charge is 0.207 e. The molecule has 6 heteroatoms. The van der Waals surface area contributed by atoms with Gasteiger partial charge >= 0.3 is 0 Å². The Hall–Kier alpha value is -1.45. The molecule has 1 saturated carbocycles. The molecule has 0 spiro atoms. The third kappa shape index (κ3) is 2.16. The molecule has 0 aromatic heterocycles. The van der Waals surface area contributed by atoms with Crippen molar-refractivity contribution in [1.29, 1.82) is 5.26 Å². The molecule has 17 heavy (non-hydrogen) atoms. The molecule has 1 fully saturated rings. The van der Waals surface area contributed by atoms with Crippen LogP contribution in [-0.4, -0.2) is 25.8 Å². The number of rotatable bonds is 3. The number of halogens is 1. The molecule has 4 nitrogen and oxygen atoms in total. The van der Waals surface area contributed by atoms with Gasteiger partial charge in [0.1, 0.15) is 11.9 Å². The molecular formula is C11H11FN2O2S. The molecule has 1 aromatic carbocycles. The van der Waals surface area contributed by atoms with Crippen LogP contribution in [0, 0.1) is 17.1 Å². The number of benzene rings is 1. The topological polar surface area (TPSA) is 61.2 Å². The molecule has 2 rings (SSSR count). The monoisotopic (exact) mass is 254 g/mol. The van der Waals surface area contributed by atoms with Crippen LogP contribution in [0.2, 0.25) is 0 Å². The molecule has 0 aliphatic heterocycles. The second-order valence-electron chi connectivity index (χ2n) is 4.01. The first-order valence-corrected chi connectivity index (χ1v) is 6.58. The predicted octanol–water partition coefficient (Wildman–Crippen LogP) is 1.48. The molecule has 1 aliphatic rings. The second kappa shape index (κ2) is 4.09. The molecule has 0 bridgehead atoms. The summed E-state index contributed by atoms with van der Waals surface area (Å²) in [5.41, 5.74) is -0.254. The van der Waals surface area contributed by atoms with E-state index in [1.165, 1.54) is 17.4 Å². The van der Waals surface area contributed by atoms with Crippen molar-refractivity contribution in [1.82, 2.24) is 4.31 Å². The van der Waals surface area contributed by atoms with Gasteiger partial charge in [-0.25, -0.2) is 12.8 Å². The highest BCUT2D eigenvalue weighted by Crippen LogP contribution is 2.30. The lowest BCUT2D eigenvalue weighted by Gasteiger charge is -2.16. The zero-order chi connectivity index (χ0) is 12.6. The third-order valence-electron chi connectivity index (χ3n) is 2.80. The van der Waals surface area contributed by atoms with Crippen LogP contribution in [0.1, 0.15) is 18.4 Å². The first-order valence-electron chi connectivity index (χ1n) is 5.14. The Bertz CT molecular complexity index is 588. The van der Waals surface area contributed by atoms with Gasteiger partial charge in [0.15, 0.2) is 0 Å². The molecule has 0 heterocycles. The van der Waals surface area contributed by atoms with E-state index in [-0.39, 0.29) is 16.5 Å². The highest BCUT2D eigenvalue weighted by Gasteiger charge is 2.35. The van der Waals surface area contributed by atoms with Gasteiger partial charge in [-0.1, -0.05) is 0 Å². The third-order valence-corrected chi connectivity index (χ3v) is 4.70. The predicted molar refractivity (Wildman–Crippen MR) is 59.1 cm³/mol. The Labute approximate surface area is 99.3 Å². The summed E-state index contributed by atoms with van der Waals surface area (Å²) in [5.74, 6) is -0.708. The maximum absolute atomic E-state index is 13.1. The van der Waals surface area contributed by atoms with Crippen LogP contribution < -0.4 is 0 Å². The van der Waals surface area contributed by atoms with E-state index in [1.807, 2.05) is 0 Å². The van der Waals surface area contributed by atoms with Gasteiger partial charge < -0.3 is 0 Å². The van der Waals surface area contributed by atoms with E-state index in [4.69, 9.17) is 5.26 Å². The molecule has 0 amide bonds. The fraction of sp³-hybridized carbons (Fsp3) is 0.364. The van der Waals surface area contributed by atoms with Crippen molar-refractivity contribution in [3.63, 3.8) is 0 Å². The van der Waals surface area contributed by atoms with Gasteiger partial charge in [0.05, 0.1) is 10.5 Å². The van der Waals surface area contributed by atoms with Crippen molar-refractivity contribution in [2.75, 3.05) is 7.05 Å². The molecule has 0 atom stereocenters. The van der Waals surface area contributed by atoms with E-state index in [2.05, 4.69) is 0 Å². The van der Waals surface area contributed by atoms with Crippen molar-refractivity contribution >= 4 is 10.0 Å². The van der Waals surface area contributed by atoms with Crippen LogP contribution >= 0.6 is 0 Å². The average Bonchev–Trinajstić information content (AvgIpc) is 3.12. The van der Waals surface area contributed by atoms with Crippen molar-refractivity contribution < 1.29 is 12.8 Å². The van der Waals surface area contributed by atoms with E-state index in [0.717, 1.165) is 25.0 Å². The molecule has 0 unspecified atom stereocenters. The quantitative estimate of drug-likeness (QED) is 0.820. The van der Waals surface area contributed by atoms with Crippen LogP contribution in [0.25, 0.3) is 0 Å². The van der Waals surface area contributed by atoms with E-state index in [9.17, 15) is 12.8 Å². The SMILES string of the molecule is CN(C1CC1)S(=O)(=O)c1ccc(F)c(C#N)c1. The summed E-state index contributed by atoms with van der Waals surface area (Å²) in [7, 11) is -2.11. The van der Waals surface area contributed by atoms with Gasteiger partial charge in [0, 0.05) is 13.1 Å². The van der Waals surface area contributed by atoms with Gasteiger partial charge in [-0.05, 0) is 31.0 Å². The lowest BCUT2D eigenvalue weighted by Crippen LogP contribution is -2.29. The van der Waals surface area contributed by atoms with Gasteiger partial charge in [0.25, 0.3) is 0 Å². The highest BCUT2D eigenvalue weighted by molar-refractivity contribution is 7.89. The standard InChI is InChI=1S/C11H11FN2O2S/c1-14(9-2-3-9)17(15,16)10-4-5-11(12)8(6-10)7-13/h4-6,9H,2-3H2,1H3. The molecule has 90 valence electrons. The molecular weight excluding hydrogens is 243 g/mol. The Morgan fingerprint density at radius 3 is 2.65 bits per heavy atom. The highest BCUT2D eigenvalue weighted by atomic mass is 32.2. The minimum atomic E-state index is -3.61. The molecule has 0 saturated heterocycles. The Kier molecular flexibility index (Phi) is 2.89. The van der Waals surface area contributed by atoms with Gasteiger partial charge in [-0.15, -0.1) is 0 Å². The summed E-state index contributed by atoms with van der Waals surface area (Å²) in [6.07, 6.45) is 1.70. The van der Waals surface area contributed by atoms with Gasteiger partial charge in [-0.3, -0.25) is 0 Å². The van der Waals surface area contributed by atoms with Crippen LogP contribution in [0.4, 0.5) is 4.39 Å². The van der Waals surface area contributed by atoms with Crippen molar-refractivity contribution in [2.24, 2.45) is 0 Å². The summed E-state index contributed by atoms with van der Waals surface area (Å²) in [6.45, 7) is 0. The van der Waals surface area contributed by atoms with Crippen LogP contribution in [-0.2, 0) is 10.0 Å². The van der Waals surface area contributed by atoms with Crippen LogP contribution in [0.15, 0.2) is 23.1 Å². The average molecular weight is 254 g/mol. The maximum atomic E-state index is 13.1. The van der Waals surface area contributed by atoms with E-state index in [1.54, 1.807) is 6.07 Å². The lowest BCUT2D eigenvalue weighted by atomic mass is 10.2. The fourth-order valence-corrected chi connectivity index (χ4v) is 2.99. The Morgan fingerprint density at radius 2 is 2.12 bits per heavy atom. The summed E-state index contributed by atoms with van der Waals surface area (Å²) in [5, 5.41) is 8.67. The minimum Gasteiger partial charge on any atom is -0.207 e. The van der Waals surface area contributed by atoms with Gasteiger partial charge in [0.2, 0.25) is 10.0 Å². The molecule has 0 N–H and O–H groups in total. The van der Waals surface area contributed by atoms with E-state index < -0.39 is 15.8 Å². The van der Waals surface area contributed by atoms with E-state index in [0.29, 0.717) is 0 Å². The van der Waals surface area contributed by atoms with Crippen molar-refractivity contribution in [3.8, 4) is 6.07 Å². The normalized spacial score (nSPS) is 15.9. The molecule has 0 radical (unpaired) electrons. The van der Waals surface area contributed by atoms with Crippen molar-refractivity contribution in [3.05, 3.63) is 29.6 Å². The molecule has 1 aliphatic carbocycles. The summed E-state index contributed by atoms with van der Waals surface area (Å²) in [4.78, 5) is -0.0372. The first-order chi connectivity index (χ1) is 7.96. The largest absolute Gasteiger partial charge is 0.243 e. The number of nitrogens with zero attached hydrogens (tertiary/aromatic N) is 2. The summed E-state index contributed by atoms with van der Waals surface area (Å²) < 4.78 is 38.6. The summed E-state index contributed by atoms with van der Waals surface area (Å²) in [6, 6.07) is 4.94. The number of nitriles is 1.